The molecule has 0 aliphatic carbocycles. The van der Waals surface area contributed by atoms with Crippen LogP contribution in [0.15, 0.2) is 24.3 Å². The molecule has 1 amide bonds. The van der Waals surface area contributed by atoms with Gasteiger partial charge in [-0.3, -0.25) is 4.79 Å². The molecule has 22 heavy (non-hydrogen) atoms. The molecule has 2 rings (SSSR count). The maximum atomic E-state index is 12.9. The molecule has 0 aliphatic rings. The number of benzene rings is 1. The summed E-state index contributed by atoms with van der Waals surface area (Å²) in [6.45, 7) is 1.23. The van der Waals surface area contributed by atoms with Crippen LogP contribution in [-0.2, 0) is 0 Å². The van der Waals surface area contributed by atoms with Gasteiger partial charge in [0.2, 0.25) is 5.82 Å². The second-order valence-corrected chi connectivity index (χ2v) is 4.74. The van der Waals surface area contributed by atoms with Gasteiger partial charge >= 0.3 is 0 Å². The normalized spacial score (nSPS) is 12.2. The molecule has 3 N–H and O–H groups in total. The van der Waals surface area contributed by atoms with Gasteiger partial charge in [0.15, 0.2) is 0 Å². The Morgan fingerprint density at radius 3 is 2.64 bits per heavy atom. The molecule has 1 aromatic heterocycles. The van der Waals surface area contributed by atoms with Gasteiger partial charge in [-0.25, -0.2) is 14.1 Å². The second kappa shape index (κ2) is 7.10. The number of rotatable bonds is 6. The minimum atomic E-state index is -0.560. The molecule has 0 spiro atoms. The van der Waals surface area contributed by atoms with Crippen molar-refractivity contribution in [1.29, 1.82) is 0 Å². The zero-order valence-electron chi connectivity index (χ0n) is 12.0. The number of hydrogen-bond acceptors (Lipinski definition) is 5. The Labute approximate surface area is 126 Å². The van der Waals surface area contributed by atoms with Crippen molar-refractivity contribution < 1.29 is 19.4 Å². The summed E-state index contributed by atoms with van der Waals surface area (Å²) in [4.78, 5) is 16.1. The average Bonchev–Trinajstić information content (AvgIpc) is 2.89. The van der Waals surface area contributed by atoms with Gasteiger partial charge in [0.05, 0.1) is 18.3 Å². The van der Waals surface area contributed by atoms with E-state index in [0.717, 1.165) is 0 Å². The third kappa shape index (κ3) is 3.66. The minimum Gasteiger partial charge on any atom is -0.396 e. The van der Waals surface area contributed by atoms with E-state index in [2.05, 4.69) is 15.4 Å². The van der Waals surface area contributed by atoms with Crippen LogP contribution in [0.5, 0.6) is 0 Å². The predicted octanol–water partition coefficient (Wildman–Crippen LogP) is 0.188. The van der Waals surface area contributed by atoms with Crippen LogP contribution < -0.4 is 5.32 Å². The van der Waals surface area contributed by atoms with Crippen LogP contribution in [0.25, 0.3) is 5.69 Å². The van der Waals surface area contributed by atoms with Gasteiger partial charge in [-0.2, -0.15) is 0 Å². The summed E-state index contributed by atoms with van der Waals surface area (Å²) in [6, 6.07) is 5.08. The van der Waals surface area contributed by atoms with Crippen molar-refractivity contribution in [2.75, 3.05) is 13.2 Å². The van der Waals surface area contributed by atoms with Gasteiger partial charge in [0.25, 0.3) is 5.91 Å². The second-order valence-electron chi connectivity index (χ2n) is 4.74. The molecular weight excluding hydrogens is 291 g/mol. The number of carbonyl (C=O) groups is 1. The third-order valence-corrected chi connectivity index (χ3v) is 3.08. The van der Waals surface area contributed by atoms with Crippen LogP contribution in [0.1, 0.15) is 22.9 Å². The summed E-state index contributed by atoms with van der Waals surface area (Å²) in [5, 5.41) is 24.6. The molecule has 7 nitrogen and oxygen atoms in total. The first-order valence-electron chi connectivity index (χ1n) is 6.77. The molecule has 118 valence electrons. The Morgan fingerprint density at radius 2 is 2.05 bits per heavy atom. The molecule has 1 heterocycles. The van der Waals surface area contributed by atoms with Crippen molar-refractivity contribution in [3.05, 3.63) is 41.7 Å². The Balaban J connectivity index is 2.18. The molecule has 8 heteroatoms. The molecule has 0 radical (unpaired) electrons. The van der Waals surface area contributed by atoms with E-state index in [4.69, 9.17) is 10.2 Å². The quantitative estimate of drug-likeness (QED) is 0.707. The number of halogens is 1. The van der Waals surface area contributed by atoms with Gasteiger partial charge < -0.3 is 15.5 Å². The zero-order valence-corrected chi connectivity index (χ0v) is 12.0. The smallest absolute Gasteiger partial charge is 0.291 e. The van der Waals surface area contributed by atoms with E-state index in [1.807, 2.05) is 0 Å². The first kappa shape index (κ1) is 16.1. The molecular formula is C14H17FN4O3. The topological polar surface area (TPSA) is 100 Å². The summed E-state index contributed by atoms with van der Waals surface area (Å²) in [5.74, 6) is -0.497. The van der Waals surface area contributed by atoms with E-state index in [1.54, 1.807) is 6.92 Å². The molecule has 0 saturated carbocycles. The lowest BCUT2D eigenvalue weighted by molar-refractivity contribution is 0.0894. The third-order valence-electron chi connectivity index (χ3n) is 3.08. The van der Waals surface area contributed by atoms with Crippen molar-refractivity contribution in [1.82, 2.24) is 20.1 Å². The molecule has 0 bridgehead atoms. The van der Waals surface area contributed by atoms with Crippen LogP contribution in [0.4, 0.5) is 4.39 Å². The Hall–Kier alpha value is -2.32. The average molecular weight is 308 g/mol. The van der Waals surface area contributed by atoms with E-state index in [1.165, 1.54) is 28.9 Å². The van der Waals surface area contributed by atoms with Gasteiger partial charge in [-0.1, -0.05) is 0 Å². The molecule has 2 aromatic rings. The number of nitrogens with zero attached hydrogens (tertiary/aromatic N) is 3. The van der Waals surface area contributed by atoms with E-state index >= 15 is 0 Å². The monoisotopic (exact) mass is 308 g/mol. The summed E-state index contributed by atoms with van der Waals surface area (Å²) in [6.07, 6.45) is 0.236. The largest absolute Gasteiger partial charge is 0.396 e. The lowest BCUT2D eigenvalue weighted by Gasteiger charge is -2.13. The standard InChI is InChI=1S/C14H17FN4O3/c1-9-16-13(14(22)17-11(8-21)6-7-20)18-19(9)12-4-2-10(15)3-5-12/h2-5,11,20-21H,6-8H2,1H3,(H,17,22)/t11-/m0/s1. The fourth-order valence-corrected chi connectivity index (χ4v) is 1.93. The van der Waals surface area contributed by atoms with Crippen LogP contribution in [-0.4, -0.2) is 50.1 Å². The highest BCUT2D eigenvalue weighted by Gasteiger charge is 2.18. The van der Waals surface area contributed by atoms with Crippen LogP contribution in [0, 0.1) is 12.7 Å². The number of aliphatic hydroxyl groups excluding tert-OH is 2. The Morgan fingerprint density at radius 1 is 1.36 bits per heavy atom. The van der Waals surface area contributed by atoms with Crippen LogP contribution in [0.3, 0.4) is 0 Å². The minimum absolute atomic E-state index is 0.0572. The maximum Gasteiger partial charge on any atom is 0.291 e. The lowest BCUT2D eigenvalue weighted by atomic mass is 10.2. The number of hydrogen-bond donors (Lipinski definition) is 3. The fourth-order valence-electron chi connectivity index (χ4n) is 1.93. The number of aliphatic hydroxyl groups is 2. The first-order chi connectivity index (χ1) is 10.5. The van der Waals surface area contributed by atoms with Gasteiger partial charge in [-0.15, -0.1) is 5.10 Å². The summed E-state index contributed by atoms with van der Waals surface area (Å²) in [7, 11) is 0. The van der Waals surface area contributed by atoms with E-state index in [-0.39, 0.29) is 31.3 Å². The fraction of sp³-hybridized carbons (Fsp3) is 0.357. The van der Waals surface area contributed by atoms with Crippen LogP contribution in [0.2, 0.25) is 0 Å². The van der Waals surface area contributed by atoms with Crippen molar-refractivity contribution in [3.8, 4) is 5.69 Å². The van der Waals surface area contributed by atoms with Crippen molar-refractivity contribution in [2.45, 2.75) is 19.4 Å². The summed E-state index contributed by atoms with van der Waals surface area (Å²) < 4.78 is 14.4. The van der Waals surface area contributed by atoms with Gasteiger partial charge in [-0.05, 0) is 37.6 Å². The van der Waals surface area contributed by atoms with Crippen molar-refractivity contribution in [3.63, 3.8) is 0 Å². The summed E-state index contributed by atoms with van der Waals surface area (Å²) >= 11 is 0. The Bertz CT molecular complexity index is 642. The van der Waals surface area contributed by atoms with E-state index in [0.29, 0.717) is 11.5 Å². The number of aryl methyl sites for hydroxylation is 1. The number of nitrogens with one attached hydrogen (secondary N) is 1. The number of carbonyl (C=O) groups excluding carboxylic acids is 1. The van der Waals surface area contributed by atoms with Gasteiger partial charge in [0.1, 0.15) is 11.6 Å². The van der Waals surface area contributed by atoms with Crippen molar-refractivity contribution >= 4 is 5.91 Å². The lowest BCUT2D eigenvalue weighted by Crippen LogP contribution is -2.38. The van der Waals surface area contributed by atoms with E-state index < -0.39 is 11.9 Å². The highest BCUT2D eigenvalue weighted by Crippen LogP contribution is 2.10. The Kier molecular flexibility index (Phi) is 5.18. The number of amides is 1. The zero-order chi connectivity index (χ0) is 16.1. The molecule has 0 saturated heterocycles. The first-order valence-corrected chi connectivity index (χ1v) is 6.77. The molecule has 0 unspecified atom stereocenters. The van der Waals surface area contributed by atoms with Gasteiger partial charge in [0, 0.05) is 6.61 Å². The predicted molar refractivity (Wildman–Crippen MR) is 76.1 cm³/mol. The van der Waals surface area contributed by atoms with E-state index in [9.17, 15) is 9.18 Å². The highest BCUT2D eigenvalue weighted by molar-refractivity contribution is 5.90. The highest BCUT2D eigenvalue weighted by atomic mass is 19.1. The van der Waals surface area contributed by atoms with Crippen molar-refractivity contribution in [2.24, 2.45) is 0 Å². The molecule has 1 aromatic carbocycles. The molecule has 1 atom stereocenters. The molecule has 0 aliphatic heterocycles. The SMILES string of the molecule is Cc1nc(C(=O)N[C@H](CO)CCO)nn1-c1ccc(F)cc1. The number of aromatic nitrogens is 3. The summed E-state index contributed by atoms with van der Waals surface area (Å²) in [5.41, 5.74) is 0.583. The van der Waals surface area contributed by atoms with Crippen LogP contribution >= 0.6 is 0 Å². The maximum absolute atomic E-state index is 12.9. The molecule has 0 fully saturated rings.